The van der Waals surface area contributed by atoms with E-state index in [9.17, 15) is 0 Å². The quantitative estimate of drug-likeness (QED) is 0.167. The van der Waals surface area contributed by atoms with Crippen molar-refractivity contribution < 1.29 is 4.42 Å². The van der Waals surface area contributed by atoms with E-state index in [4.69, 9.17) is 4.42 Å². The molecule has 2 aliphatic carbocycles. The van der Waals surface area contributed by atoms with Crippen LogP contribution in [0.15, 0.2) is 235 Å². The second-order valence-electron chi connectivity index (χ2n) is 16.4. The molecule has 0 fully saturated rings. The molecule has 3 heteroatoms. The van der Waals surface area contributed by atoms with Gasteiger partial charge in [0.2, 0.25) is 0 Å². The van der Waals surface area contributed by atoms with Crippen LogP contribution in [0.1, 0.15) is 22.5 Å². The molecular formula is C59H38N2O. The summed E-state index contributed by atoms with van der Waals surface area (Å²) in [7, 11) is 0. The first-order valence-electron chi connectivity index (χ1n) is 21.3. The van der Waals surface area contributed by atoms with Gasteiger partial charge in [0.15, 0.2) is 0 Å². The van der Waals surface area contributed by atoms with Crippen molar-refractivity contribution in [3.05, 3.63) is 253 Å². The molecule has 0 amide bonds. The van der Waals surface area contributed by atoms with Gasteiger partial charge < -0.3 is 14.2 Å². The van der Waals surface area contributed by atoms with Crippen molar-refractivity contribution in [1.82, 2.24) is 0 Å². The highest BCUT2D eigenvalue weighted by atomic mass is 16.3. The van der Waals surface area contributed by atoms with E-state index >= 15 is 0 Å². The van der Waals surface area contributed by atoms with Crippen LogP contribution in [0.3, 0.4) is 0 Å². The van der Waals surface area contributed by atoms with Crippen molar-refractivity contribution in [1.29, 1.82) is 0 Å². The van der Waals surface area contributed by atoms with Gasteiger partial charge in [-0.2, -0.15) is 0 Å². The van der Waals surface area contributed by atoms with Crippen LogP contribution in [0.5, 0.6) is 0 Å². The van der Waals surface area contributed by atoms with Gasteiger partial charge >= 0.3 is 0 Å². The molecule has 0 aliphatic heterocycles. The van der Waals surface area contributed by atoms with Crippen molar-refractivity contribution in [2.45, 2.75) is 5.41 Å². The Bertz CT molecular complexity index is 3540. The van der Waals surface area contributed by atoms with E-state index in [1.165, 1.54) is 60.5 Å². The van der Waals surface area contributed by atoms with E-state index in [0.29, 0.717) is 0 Å². The maximum atomic E-state index is 7.27. The zero-order valence-corrected chi connectivity index (χ0v) is 33.7. The molecule has 1 heterocycles. The van der Waals surface area contributed by atoms with Crippen molar-refractivity contribution in [2.24, 2.45) is 0 Å². The lowest BCUT2D eigenvalue weighted by atomic mass is 9.73. The highest BCUT2D eigenvalue weighted by molar-refractivity contribution is 6.07. The van der Waals surface area contributed by atoms with Crippen molar-refractivity contribution in [3.63, 3.8) is 0 Å². The first-order chi connectivity index (χ1) is 30.8. The summed E-state index contributed by atoms with van der Waals surface area (Å²) < 4.78 is 7.27. The first-order valence-corrected chi connectivity index (χ1v) is 21.3. The lowest BCUT2D eigenvalue weighted by Crippen LogP contribution is -2.26. The summed E-state index contributed by atoms with van der Waals surface area (Å²) in [5.41, 5.74) is 15.3. The van der Waals surface area contributed by atoms with Gasteiger partial charge in [0.05, 0.1) is 11.4 Å². The molecule has 2 aliphatic rings. The third-order valence-electron chi connectivity index (χ3n) is 13.2. The largest absolute Gasteiger partial charge is 0.459 e. The summed E-state index contributed by atoms with van der Waals surface area (Å²) >= 11 is 0. The zero-order chi connectivity index (χ0) is 40.8. The molecule has 11 aromatic rings. The molecule has 1 aromatic heterocycles. The van der Waals surface area contributed by atoms with Gasteiger partial charge in [-0.3, -0.25) is 0 Å². The number of rotatable bonds is 6. The van der Waals surface area contributed by atoms with Crippen LogP contribution in [0, 0.1) is 0 Å². The van der Waals surface area contributed by atoms with E-state index in [0.717, 1.165) is 50.9 Å². The van der Waals surface area contributed by atoms with Gasteiger partial charge in [0.1, 0.15) is 16.8 Å². The fraction of sp³-hybridized carbons (Fsp3) is 0.0169. The molecule has 13 rings (SSSR count). The molecule has 0 saturated carbocycles. The van der Waals surface area contributed by atoms with E-state index in [-0.39, 0.29) is 0 Å². The van der Waals surface area contributed by atoms with Gasteiger partial charge in [0.25, 0.3) is 0 Å². The standard InChI is InChI=1S/C59H38N2O/c1-3-21-41(22-4-1)60(54-30-15-19-39-17-7-9-25-45(39)54)43-33-35-48-47-27-11-13-29-51(47)59(52(48)37-43)53-38-44(34-36-49(53)57-50-28-12-14-32-56(50)62-58(57)59)61(42-23-5-2-6-24-42)55-31-16-20-40-18-8-10-26-46(40)55/h1-38H. The number of para-hydroxylation sites is 3. The van der Waals surface area contributed by atoms with E-state index in [2.05, 4.69) is 240 Å². The second kappa shape index (κ2) is 13.4. The lowest BCUT2D eigenvalue weighted by molar-refractivity contribution is 0.507. The predicted molar refractivity (Wildman–Crippen MR) is 257 cm³/mol. The fourth-order valence-corrected chi connectivity index (χ4v) is 10.7. The van der Waals surface area contributed by atoms with Crippen molar-refractivity contribution in [2.75, 3.05) is 9.80 Å². The summed E-state index contributed by atoms with van der Waals surface area (Å²) in [5, 5.41) is 5.93. The molecule has 10 aromatic carbocycles. The minimum atomic E-state index is -0.746. The summed E-state index contributed by atoms with van der Waals surface area (Å²) in [6.07, 6.45) is 0. The van der Waals surface area contributed by atoms with E-state index < -0.39 is 5.41 Å². The maximum absolute atomic E-state index is 7.27. The monoisotopic (exact) mass is 790 g/mol. The number of furan rings is 1. The fourth-order valence-electron chi connectivity index (χ4n) is 10.7. The van der Waals surface area contributed by atoms with Crippen LogP contribution in [0.2, 0.25) is 0 Å². The van der Waals surface area contributed by atoms with Gasteiger partial charge in [-0.1, -0.05) is 164 Å². The number of fused-ring (bicyclic) bond motifs is 14. The van der Waals surface area contributed by atoms with Crippen molar-refractivity contribution in [3.8, 4) is 22.3 Å². The summed E-state index contributed by atoms with van der Waals surface area (Å²) in [6, 6.07) is 83.8. The van der Waals surface area contributed by atoms with Gasteiger partial charge in [-0.25, -0.2) is 0 Å². The van der Waals surface area contributed by atoms with Gasteiger partial charge in [0, 0.05) is 44.5 Å². The van der Waals surface area contributed by atoms with Crippen LogP contribution in [-0.4, -0.2) is 0 Å². The number of hydrogen-bond acceptors (Lipinski definition) is 3. The molecule has 0 saturated heterocycles. The van der Waals surface area contributed by atoms with Crippen LogP contribution in [0.4, 0.5) is 34.1 Å². The zero-order valence-electron chi connectivity index (χ0n) is 33.7. The van der Waals surface area contributed by atoms with Gasteiger partial charge in [-0.05, 0) is 111 Å². The number of anilines is 6. The molecule has 1 spiro atoms. The highest BCUT2D eigenvalue weighted by Crippen LogP contribution is 2.66. The summed E-state index contributed by atoms with van der Waals surface area (Å²) in [5.74, 6) is 0.974. The Hall–Kier alpha value is -8.14. The molecule has 3 nitrogen and oxygen atoms in total. The Morgan fingerprint density at radius 3 is 1.42 bits per heavy atom. The Morgan fingerprint density at radius 1 is 0.323 bits per heavy atom. The Kier molecular flexibility index (Phi) is 7.52. The molecule has 1 unspecified atom stereocenters. The average Bonchev–Trinajstić information content (AvgIpc) is 3.96. The predicted octanol–water partition coefficient (Wildman–Crippen LogP) is 16.0. The molecule has 1 atom stereocenters. The second-order valence-corrected chi connectivity index (χ2v) is 16.4. The van der Waals surface area contributed by atoms with Crippen LogP contribution >= 0.6 is 0 Å². The third-order valence-corrected chi connectivity index (χ3v) is 13.2. The lowest BCUT2D eigenvalue weighted by Gasteiger charge is -2.32. The first kappa shape index (κ1) is 34.7. The summed E-state index contributed by atoms with van der Waals surface area (Å²) in [4.78, 5) is 4.84. The Morgan fingerprint density at radius 2 is 0.790 bits per heavy atom. The number of nitrogens with zero attached hydrogens (tertiary/aromatic N) is 2. The third kappa shape index (κ3) is 4.88. The Balaban J connectivity index is 1.12. The highest BCUT2D eigenvalue weighted by Gasteiger charge is 2.55. The van der Waals surface area contributed by atoms with Gasteiger partial charge in [-0.15, -0.1) is 0 Å². The van der Waals surface area contributed by atoms with Crippen LogP contribution in [0.25, 0.3) is 54.8 Å². The average molecular weight is 791 g/mol. The Labute approximate surface area is 360 Å². The number of benzene rings is 10. The molecule has 290 valence electrons. The molecule has 0 bridgehead atoms. The number of hydrogen-bond donors (Lipinski definition) is 0. The topological polar surface area (TPSA) is 19.6 Å². The molecular weight excluding hydrogens is 753 g/mol. The maximum Gasteiger partial charge on any atom is 0.135 e. The SMILES string of the molecule is c1ccc(N(c2ccc3c(c2)C2(c4ccccc4-3)c3cc(N(c4ccccc4)c4cccc5ccccc45)ccc3-c3c2oc2ccccc32)c2cccc3ccccc23)cc1. The van der Waals surface area contributed by atoms with Crippen LogP contribution < -0.4 is 9.80 Å². The molecule has 0 N–H and O–H groups in total. The minimum absolute atomic E-state index is 0.746. The minimum Gasteiger partial charge on any atom is -0.459 e. The van der Waals surface area contributed by atoms with Crippen LogP contribution in [-0.2, 0) is 5.41 Å². The smallest absolute Gasteiger partial charge is 0.135 e. The molecule has 62 heavy (non-hydrogen) atoms. The van der Waals surface area contributed by atoms with E-state index in [1.54, 1.807) is 0 Å². The normalized spacial score (nSPS) is 14.5. The van der Waals surface area contributed by atoms with Crippen molar-refractivity contribution >= 4 is 66.6 Å². The van der Waals surface area contributed by atoms with E-state index in [1.807, 2.05) is 0 Å². The summed E-state index contributed by atoms with van der Waals surface area (Å²) in [6.45, 7) is 0. The molecule has 0 radical (unpaired) electrons.